The minimum Gasteiger partial charge on any atom is -0.497 e. The summed E-state index contributed by atoms with van der Waals surface area (Å²) >= 11 is 5.77. The van der Waals surface area contributed by atoms with Gasteiger partial charge in [-0.05, 0) is 54.6 Å². The summed E-state index contributed by atoms with van der Waals surface area (Å²) in [5.74, 6) is -0.257. The van der Waals surface area contributed by atoms with Gasteiger partial charge in [0.2, 0.25) is 0 Å². The lowest BCUT2D eigenvalue weighted by Gasteiger charge is -2.06. The average Bonchev–Trinajstić information content (AvgIpc) is 3.17. The number of benzene rings is 2. The second kappa shape index (κ2) is 7.71. The van der Waals surface area contributed by atoms with Crippen molar-refractivity contribution in [2.24, 2.45) is 0 Å². The normalized spacial score (nSPS) is 10.2. The summed E-state index contributed by atoms with van der Waals surface area (Å²) in [5, 5.41) is 4.72. The number of nitrogens with zero attached hydrogens (tertiary/aromatic N) is 2. The minimum absolute atomic E-state index is 0.164. The van der Waals surface area contributed by atoms with Crippen LogP contribution in [0.4, 0.5) is 0 Å². The van der Waals surface area contributed by atoms with Gasteiger partial charge in [-0.1, -0.05) is 11.6 Å². The van der Waals surface area contributed by atoms with E-state index in [2.05, 4.69) is 16.0 Å². The van der Waals surface area contributed by atoms with E-state index in [0.29, 0.717) is 10.6 Å². The van der Waals surface area contributed by atoms with Crippen LogP contribution in [0.1, 0.15) is 20.8 Å². The van der Waals surface area contributed by atoms with Gasteiger partial charge in [0.05, 0.1) is 12.8 Å². The molecule has 3 rings (SSSR count). The predicted molar refractivity (Wildman–Crippen MR) is 96.5 cm³/mol. The molecule has 0 bridgehead atoms. The van der Waals surface area contributed by atoms with Crippen LogP contribution in [0.15, 0.2) is 60.8 Å². The topological polar surface area (TPSA) is 85.2 Å². The summed E-state index contributed by atoms with van der Waals surface area (Å²) in [6, 6.07) is 15.1. The lowest BCUT2D eigenvalue weighted by molar-refractivity contribution is 0.0843. The van der Waals surface area contributed by atoms with E-state index in [1.165, 1.54) is 0 Å². The van der Waals surface area contributed by atoms with Crippen LogP contribution in [0.2, 0.25) is 5.02 Å². The van der Waals surface area contributed by atoms with Crippen molar-refractivity contribution in [2.45, 2.75) is 0 Å². The highest BCUT2D eigenvalue weighted by atomic mass is 35.5. The molecule has 3 aromatic rings. The van der Waals surface area contributed by atoms with Crippen LogP contribution in [0.5, 0.6) is 5.75 Å². The van der Waals surface area contributed by atoms with Crippen LogP contribution in [-0.2, 0) is 0 Å². The van der Waals surface area contributed by atoms with Crippen molar-refractivity contribution in [3.05, 3.63) is 77.1 Å². The summed E-state index contributed by atoms with van der Waals surface area (Å²) in [7, 11) is 1.59. The molecule has 0 saturated carbocycles. The Morgan fingerprint density at radius 3 is 2.27 bits per heavy atom. The number of carbonyl (C=O) groups is 2. The van der Waals surface area contributed by atoms with Gasteiger partial charge < -0.3 is 4.74 Å². The Morgan fingerprint density at radius 2 is 1.62 bits per heavy atom. The first-order chi connectivity index (χ1) is 12.6. The van der Waals surface area contributed by atoms with E-state index in [0.717, 1.165) is 11.4 Å². The van der Waals surface area contributed by atoms with E-state index in [1.54, 1.807) is 60.5 Å². The highest BCUT2D eigenvalue weighted by molar-refractivity contribution is 6.30. The smallest absolute Gasteiger partial charge is 0.290 e. The molecular formula is C18H15ClN4O3. The molecule has 0 saturated heterocycles. The quantitative estimate of drug-likeness (QED) is 0.691. The molecule has 1 heterocycles. The van der Waals surface area contributed by atoms with Crippen molar-refractivity contribution in [1.82, 2.24) is 20.6 Å². The van der Waals surface area contributed by atoms with Crippen molar-refractivity contribution in [1.29, 1.82) is 0 Å². The second-order valence-electron chi connectivity index (χ2n) is 5.26. The summed E-state index contributed by atoms with van der Waals surface area (Å²) in [5.41, 5.74) is 5.97. The van der Waals surface area contributed by atoms with E-state index in [4.69, 9.17) is 16.3 Å². The third-order valence-electron chi connectivity index (χ3n) is 3.55. The van der Waals surface area contributed by atoms with E-state index in [1.807, 2.05) is 12.1 Å². The maximum atomic E-state index is 12.1. The molecule has 1 aromatic heterocycles. The SMILES string of the molecule is COc1ccc(-n2ccc(C(=O)NNC(=O)c3ccc(Cl)cc3)n2)cc1. The molecule has 0 aliphatic carbocycles. The third kappa shape index (κ3) is 4.01. The molecule has 0 aliphatic heterocycles. The third-order valence-corrected chi connectivity index (χ3v) is 3.81. The van der Waals surface area contributed by atoms with Gasteiger partial charge in [0, 0.05) is 16.8 Å². The molecule has 2 aromatic carbocycles. The molecule has 26 heavy (non-hydrogen) atoms. The predicted octanol–water partition coefficient (Wildman–Crippen LogP) is 2.61. The number of hydrogen-bond acceptors (Lipinski definition) is 4. The molecule has 0 fully saturated rings. The summed E-state index contributed by atoms with van der Waals surface area (Å²) in [6.07, 6.45) is 1.65. The first-order valence-electron chi connectivity index (χ1n) is 7.63. The molecule has 0 unspecified atom stereocenters. The number of carbonyl (C=O) groups excluding carboxylic acids is 2. The van der Waals surface area contributed by atoms with Crippen LogP contribution < -0.4 is 15.6 Å². The number of nitrogens with one attached hydrogen (secondary N) is 2. The fraction of sp³-hybridized carbons (Fsp3) is 0.0556. The maximum Gasteiger partial charge on any atom is 0.290 e. The van der Waals surface area contributed by atoms with Crippen molar-refractivity contribution in [2.75, 3.05) is 7.11 Å². The molecular weight excluding hydrogens is 356 g/mol. The molecule has 0 spiro atoms. The molecule has 2 amide bonds. The summed E-state index contributed by atoms with van der Waals surface area (Å²) < 4.78 is 6.66. The van der Waals surface area contributed by atoms with Gasteiger partial charge in [0.1, 0.15) is 5.75 Å². The monoisotopic (exact) mass is 370 g/mol. The zero-order valence-electron chi connectivity index (χ0n) is 13.8. The number of halogens is 1. The van der Waals surface area contributed by atoms with Gasteiger partial charge in [-0.3, -0.25) is 20.4 Å². The molecule has 132 valence electrons. The van der Waals surface area contributed by atoms with Crippen LogP contribution in [0.25, 0.3) is 5.69 Å². The summed E-state index contributed by atoms with van der Waals surface area (Å²) in [6.45, 7) is 0. The molecule has 0 atom stereocenters. The van der Waals surface area contributed by atoms with Crippen LogP contribution >= 0.6 is 11.6 Å². The van der Waals surface area contributed by atoms with Crippen molar-refractivity contribution in [3.63, 3.8) is 0 Å². The lowest BCUT2D eigenvalue weighted by Crippen LogP contribution is -2.41. The Bertz CT molecular complexity index is 920. The van der Waals surface area contributed by atoms with Gasteiger partial charge in [-0.2, -0.15) is 5.10 Å². The van der Waals surface area contributed by atoms with Crippen LogP contribution in [0.3, 0.4) is 0 Å². The van der Waals surface area contributed by atoms with Crippen molar-refractivity contribution in [3.8, 4) is 11.4 Å². The number of aromatic nitrogens is 2. The number of hydrogen-bond donors (Lipinski definition) is 2. The number of methoxy groups -OCH3 is 1. The Kier molecular flexibility index (Phi) is 5.19. The van der Waals surface area contributed by atoms with Gasteiger partial charge >= 0.3 is 0 Å². The number of ether oxygens (including phenoxy) is 1. The fourth-order valence-corrected chi connectivity index (χ4v) is 2.30. The second-order valence-corrected chi connectivity index (χ2v) is 5.70. The van der Waals surface area contributed by atoms with E-state index >= 15 is 0 Å². The Balaban J connectivity index is 1.62. The first-order valence-corrected chi connectivity index (χ1v) is 8.01. The molecule has 8 heteroatoms. The highest BCUT2D eigenvalue weighted by Crippen LogP contribution is 2.14. The van der Waals surface area contributed by atoms with Gasteiger partial charge in [0.15, 0.2) is 5.69 Å². The van der Waals surface area contributed by atoms with Gasteiger partial charge in [-0.25, -0.2) is 4.68 Å². The lowest BCUT2D eigenvalue weighted by atomic mass is 10.2. The van der Waals surface area contributed by atoms with E-state index in [-0.39, 0.29) is 5.69 Å². The zero-order chi connectivity index (χ0) is 18.5. The molecule has 2 N–H and O–H groups in total. The molecule has 7 nitrogen and oxygen atoms in total. The van der Waals surface area contributed by atoms with Gasteiger partial charge in [0.25, 0.3) is 11.8 Å². The average molecular weight is 371 g/mol. The van der Waals surface area contributed by atoms with Crippen LogP contribution in [0, 0.1) is 0 Å². The largest absolute Gasteiger partial charge is 0.497 e. The Labute approximate surface area is 154 Å². The fourth-order valence-electron chi connectivity index (χ4n) is 2.17. The number of amides is 2. The molecule has 0 radical (unpaired) electrons. The number of rotatable bonds is 4. The van der Waals surface area contributed by atoms with Gasteiger partial charge in [-0.15, -0.1) is 0 Å². The van der Waals surface area contributed by atoms with E-state index < -0.39 is 11.8 Å². The Hall–Kier alpha value is -3.32. The maximum absolute atomic E-state index is 12.1. The highest BCUT2D eigenvalue weighted by Gasteiger charge is 2.12. The van der Waals surface area contributed by atoms with Crippen molar-refractivity contribution < 1.29 is 14.3 Å². The first kappa shape index (κ1) is 17.5. The molecule has 0 aliphatic rings. The number of hydrazine groups is 1. The van der Waals surface area contributed by atoms with Crippen molar-refractivity contribution >= 4 is 23.4 Å². The summed E-state index contributed by atoms with van der Waals surface area (Å²) in [4.78, 5) is 24.1. The zero-order valence-corrected chi connectivity index (χ0v) is 14.5. The minimum atomic E-state index is -0.528. The Morgan fingerprint density at radius 1 is 0.962 bits per heavy atom. The standard InChI is InChI=1S/C18H15ClN4O3/c1-26-15-8-6-14(7-9-15)23-11-10-16(22-23)18(25)21-20-17(24)12-2-4-13(19)5-3-12/h2-11H,1H3,(H,20,24)(H,21,25). The van der Waals surface area contributed by atoms with E-state index in [9.17, 15) is 9.59 Å². The van der Waals surface area contributed by atoms with Crippen LogP contribution in [-0.4, -0.2) is 28.7 Å².